The number of nitrogens with one attached hydrogen (secondary N) is 1. The summed E-state index contributed by atoms with van der Waals surface area (Å²) in [6.07, 6.45) is 0.382. The van der Waals surface area contributed by atoms with Gasteiger partial charge in [0.1, 0.15) is 11.5 Å². The fourth-order valence-electron chi connectivity index (χ4n) is 3.29. The van der Waals surface area contributed by atoms with Crippen molar-refractivity contribution >= 4 is 33.1 Å². The standard InChI is InChI=1S/C18H16N2O3S/c1-22-10-6-14-17(15(7-10)23-2)12(8-16(21)20-14)11-4-3-5-13-18(11)24-9-19-13/h3-7,9,12H,8H2,1-2H3,(H,20,21). The lowest BCUT2D eigenvalue weighted by Gasteiger charge is -2.28. The van der Waals surface area contributed by atoms with E-state index in [2.05, 4.69) is 16.4 Å². The zero-order valence-corrected chi connectivity index (χ0v) is 14.1. The van der Waals surface area contributed by atoms with E-state index in [0.29, 0.717) is 12.2 Å². The van der Waals surface area contributed by atoms with Crippen molar-refractivity contribution < 1.29 is 14.3 Å². The first-order chi connectivity index (χ1) is 11.7. The van der Waals surface area contributed by atoms with Crippen molar-refractivity contribution in [1.82, 2.24) is 4.98 Å². The molecule has 1 N–H and O–H groups in total. The van der Waals surface area contributed by atoms with Gasteiger partial charge in [0.15, 0.2) is 0 Å². The van der Waals surface area contributed by atoms with Crippen molar-refractivity contribution in [3.8, 4) is 11.5 Å². The average Bonchev–Trinajstić information content (AvgIpc) is 3.08. The van der Waals surface area contributed by atoms with Crippen LogP contribution in [-0.2, 0) is 4.79 Å². The lowest BCUT2D eigenvalue weighted by atomic mass is 9.84. The molecule has 1 atom stereocenters. The van der Waals surface area contributed by atoms with Gasteiger partial charge in [-0.25, -0.2) is 4.98 Å². The second-order valence-corrected chi connectivity index (χ2v) is 6.50. The highest BCUT2D eigenvalue weighted by Crippen LogP contribution is 2.46. The molecular formula is C18H16N2O3S. The lowest BCUT2D eigenvalue weighted by Crippen LogP contribution is -2.24. The fraction of sp³-hybridized carbons (Fsp3) is 0.222. The number of carbonyl (C=O) groups is 1. The molecule has 1 amide bonds. The van der Waals surface area contributed by atoms with Gasteiger partial charge in [-0.15, -0.1) is 11.3 Å². The largest absolute Gasteiger partial charge is 0.497 e. The van der Waals surface area contributed by atoms with Gasteiger partial charge in [0.2, 0.25) is 5.91 Å². The number of thiazole rings is 1. The van der Waals surface area contributed by atoms with Crippen molar-refractivity contribution in [2.75, 3.05) is 19.5 Å². The number of amides is 1. The molecule has 122 valence electrons. The number of anilines is 1. The van der Waals surface area contributed by atoms with Gasteiger partial charge in [0.25, 0.3) is 0 Å². The van der Waals surface area contributed by atoms with E-state index >= 15 is 0 Å². The number of rotatable bonds is 3. The SMILES string of the molecule is COc1cc2c(c(OC)c1)C(c1cccc3ncsc13)CC(=O)N2. The zero-order chi connectivity index (χ0) is 16.7. The van der Waals surface area contributed by atoms with Crippen molar-refractivity contribution in [3.05, 3.63) is 47.0 Å². The first-order valence-electron chi connectivity index (χ1n) is 7.59. The van der Waals surface area contributed by atoms with E-state index in [9.17, 15) is 4.79 Å². The molecule has 24 heavy (non-hydrogen) atoms. The minimum atomic E-state index is -0.0706. The van der Waals surface area contributed by atoms with Crippen LogP contribution < -0.4 is 14.8 Å². The number of ether oxygens (including phenoxy) is 2. The third-order valence-electron chi connectivity index (χ3n) is 4.35. The maximum atomic E-state index is 12.3. The summed E-state index contributed by atoms with van der Waals surface area (Å²) < 4.78 is 12.0. The second-order valence-electron chi connectivity index (χ2n) is 5.64. The molecule has 0 bridgehead atoms. The van der Waals surface area contributed by atoms with Crippen LogP contribution in [0.4, 0.5) is 5.69 Å². The van der Waals surface area contributed by atoms with Crippen molar-refractivity contribution in [2.24, 2.45) is 0 Å². The highest BCUT2D eigenvalue weighted by Gasteiger charge is 2.31. The van der Waals surface area contributed by atoms with E-state index in [1.54, 1.807) is 25.6 Å². The monoisotopic (exact) mass is 340 g/mol. The number of methoxy groups -OCH3 is 2. The highest BCUT2D eigenvalue weighted by atomic mass is 32.1. The molecule has 4 rings (SSSR count). The van der Waals surface area contributed by atoms with E-state index < -0.39 is 0 Å². The fourth-order valence-corrected chi connectivity index (χ4v) is 4.15. The minimum absolute atomic E-state index is 0.00988. The van der Waals surface area contributed by atoms with E-state index in [-0.39, 0.29) is 11.8 Å². The molecule has 2 heterocycles. The molecule has 1 aliphatic heterocycles. The Balaban J connectivity index is 1.96. The predicted octanol–water partition coefficient (Wildman–Crippen LogP) is 3.79. The summed E-state index contributed by atoms with van der Waals surface area (Å²) in [5.41, 5.74) is 5.63. The molecule has 0 aliphatic carbocycles. The van der Waals surface area contributed by atoms with Gasteiger partial charge >= 0.3 is 0 Å². The minimum Gasteiger partial charge on any atom is -0.497 e. The third-order valence-corrected chi connectivity index (χ3v) is 5.24. The average molecular weight is 340 g/mol. The maximum absolute atomic E-state index is 12.3. The summed E-state index contributed by atoms with van der Waals surface area (Å²) in [6.45, 7) is 0. The summed E-state index contributed by atoms with van der Waals surface area (Å²) in [4.78, 5) is 16.7. The Morgan fingerprint density at radius 2 is 2.12 bits per heavy atom. The van der Waals surface area contributed by atoms with E-state index in [4.69, 9.17) is 9.47 Å². The second kappa shape index (κ2) is 5.79. The first kappa shape index (κ1) is 15.0. The molecule has 0 saturated carbocycles. The van der Waals surface area contributed by atoms with Gasteiger partial charge in [-0.3, -0.25) is 4.79 Å². The molecule has 0 spiro atoms. The normalized spacial score (nSPS) is 16.6. The predicted molar refractivity (Wildman–Crippen MR) is 94.3 cm³/mol. The number of fused-ring (bicyclic) bond motifs is 2. The number of hydrogen-bond donors (Lipinski definition) is 1. The Morgan fingerprint density at radius 3 is 2.92 bits per heavy atom. The van der Waals surface area contributed by atoms with Crippen LogP contribution in [0, 0.1) is 0 Å². The van der Waals surface area contributed by atoms with Gasteiger partial charge in [-0.1, -0.05) is 12.1 Å². The topological polar surface area (TPSA) is 60.5 Å². The quantitative estimate of drug-likeness (QED) is 0.788. The van der Waals surface area contributed by atoms with Gasteiger partial charge in [0, 0.05) is 30.0 Å². The maximum Gasteiger partial charge on any atom is 0.225 e. The van der Waals surface area contributed by atoms with Crippen molar-refractivity contribution in [3.63, 3.8) is 0 Å². The van der Waals surface area contributed by atoms with Crippen LogP contribution in [0.1, 0.15) is 23.5 Å². The molecule has 1 unspecified atom stereocenters. The molecule has 6 heteroatoms. The molecule has 1 aliphatic rings. The summed E-state index contributed by atoms with van der Waals surface area (Å²) in [6, 6.07) is 9.74. The molecule has 0 fully saturated rings. The van der Waals surface area contributed by atoms with Crippen LogP contribution in [0.2, 0.25) is 0 Å². The van der Waals surface area contributed by atoms with Crippen molar-refractivity contribution in [2.45, 2.75) is 12.3 Å². The third kappa shape index (κ3) is 2.30. The summed E-state index contributed by atoms with van der Waals surface area (Å²) in [7, 11) is 3.23. The Kier molecular flexibility index (Phi) is 3.61. The summed E-state index contributed by atoms with van der Waals surface area (Å²) in [5, 5.41) is 2.94. The number of aromatic nitrogens is 1. The van der Waals surface area contributed by atoms with Gasteiger partial charge in [0.05, 0.1) is 35.6 Å². The number of carbonyl (C=O) groups excluding carboxylic acids is 1. The van der Waals surface area contributed by atoms with Gasteiger partial charge in [-0.2, -0.15) is 0 Å². The summed E-state index contributed by atoms with van der Waals surface area (Å²) in [5.74, 6) is 1.29. The Bertz CT molecular complexity index is 935. The van der Waals surface area contributed by atoms with Crippen LogP contribution in [0.3, 0.4) is 0 Å². The molecule has 0 saturated heterocycles. The highest BCUT2D eigenvalue weighted by molar-refractivity contribution is 7.17. The molecular weight excluding hydrogens is 324 g/mol. The number of benzene rings is 2. The van der Waals surface area contributed by atoms with Crippen LogP contribution in [0.25, 0.3) is 10.2 Å². The van der Waals surface area contributed by atoms with E-state index in [1.807, 2.05) is 29.8 Å². The summed E-state index contributed by atoms with van der Waals surface area (Å²) >= 11 is 1.60. The zero-order valence-electron chi connectivity index (χ0n) is 13.3. The number of nitrogens with zero attached hydrogens (tertiary/aromatic N) is 1. The van der Waals surface area contributed by atoms with Gasteiger partial charge < -0.3 is 14.8 Å². The molecule has 1 aromatic heterocycles. The Morgan fingerprint density at radius 1 is 1.25 bits per heavy atom. The molecule has 5 nitrogen and oxygen atoms in total. The molecule has 0 radical (unpaired) electrons. The Labute approximate surface area is 143 Å². The van der Waals surface area contributed by atoms with Crippen LogP contribution in [-0.4, -0.2) is 25.1 Å². The van der Waals surface area contributed by atoms with Crippen LogP contribution >= 0.6 is 11.3 Å². The Hall–Kier alpha value is -2.60. The molecule has 2 aromatic carbocycles. The van der Waals surface area contributed by atoms with Crippen LogP contribution in [0.5, 0.6) is 11.5 Å². The smallest absolute Gasteiger partial charge is 0.225 e. The van der Waals surface area contributed by atoms with Gasteiger partial charge in [-0.05, 0) is 11.6 Å². The first-order valence-corrected chi connectivity index (χ1v) is 8.47. The van der Waals surface area contributed by atoms with E-state index in [1.165, 1.54) is 0 Å². The van der Waals surface area contributed by atoms with Crippen molar-refractivity contribution in [1.29, 1.82) is 0 Å². The van der Waals surface area contributed by atoms with E-state index in [0.717, 1.165) is 32.8 Å². The van der Waals surface area contributed by atoms with Crippen LogP contribution in [0.15, 0.2) is 35.8 Å². The lowest BCUT2D eigenvalue weighted by molar-refractivity contribution is -0.116. The number of hydrogen-bond acceptors (Lipinski definition) is 5. The molecule has 3 aromatic rings.